The van der Waals surface area contributed by atoms with Crippen molar-refractivity contribution in [3.63, 3.8) is 0 Å². The maximum Gasteiger partial charge on any atom is 0.310 e. The molecule has 18 heavy (non-hydrogen) atoms. The first-order valence-corrected chi connectivity index (χ1v) is 6.72. The minimum absolute atomic E-state index is 0.111. The molecule has 0 aromatic rings. The van der Waals surface area contributed by atoms with Crippen molar-refractivity contribution in [2.24, 2.45) is 5.41 Å². The number of hydrogen-bond donors (Lipinski definition) is 2. The summed E-state index contributed by atoms with van der Waals surface area (Å²) in [6.45, 7) is 4.12. The Morgan fingerprint density at radius 3 is 2.33 bits per heavy atom. The summed E-state index contributed by atoms with van der Waals surface area (Å²) in [4.78, 5) is 23.3. The Labute approximate surface area is 108 Å². The second kappa shape index (κ2) is 7.19. The summed E-state index contributed by atoms with van der Waals surface area (Å²) in [6, 6.07) is 0. The lowest BCUT2D eigenvalue weighted by atomic mass is 9.77. The number of aliphatic carboxylic acids is 1. The van der Waals surface area contributed by atoms with Gasteiger partial charge in [0.1, 0.15) is 0 Å². The second-order valence-electron chi connectivity index (χ2n) is 5.10. The monoisotopic (exact) mass is 253 g/mol. The van der Waals surface area contributed by atoms with Crippen molar-refractivity contribution < 1.29 is 14.7 Å². The molecule has 0 heterocycles. The van der Waals surface area contributed by atoms with Crippen molar-refractivity contribution in [3.05, 3.63) is 12.7 Å². The molecule has 0 aromatic carbocycles. The lowest BCUT2D eigenvalue weighted by Gasteiger charge is -2.27. The molecule has 0 aromatic heterocycles. The van der Waals surface area contributed by atoms with E-state index in [0.29, 0.717) is 25.8 Å². The van der Waals surface area contributed by atoms with Crippen molar-refractivity contribution >= 4 is 11.9 Å². The van der Waals surface area contributed by atoms with E-state index in [2.05, 4.69) is 11.9 Å². The average molecular weight is 253 g/mol. The van der Waals surface area contributed by atoms with E-state index in [4.69, 9.17) is 0 Å². The average Bonchev–Trinajstić information content (AvgIpc) is 2.56. The third-order valence-corrected chi connectivity index (χ3v) is 3.68. The highest BCUT2D eigenvalue weighted by Crippen LogP contribution is 2.38. The van der Waals surface area contributed by atoms with Gasteiger partial charge in [-0.1, -0.05) is 31.8 Å². The van der Waals surface area contributed by atoms with Crippen LogP contribution >= 0.6 is 0 Å². The van der Waals surface area contributed by atoms with Gasteiger partial charge in [-0.25, -0.2) is 0 Å². The number of carboxylic acid groups (broad SMARTS) is 1. The van der Waals surface area contributed by atoms with Crippen LogP contribution in [0.4, 0.5) is 0 Å². The van der Waals surface area contributed by atoms with Gasteiger partial charge in [-0.2, -0.15) is 0 Å². The molecule has 1 saturated carbocycles. The Kier molecular flexibility index (Phi) is 5.89. The molecule has 0 unspecified atom stereocenters. The normalized spacial score (nSPS) is 18.7. The van der Waals surface area contributed by atoms with Gasteiger partial charge in [0.05, 0.1) is 5.41 Å². The second-order valence-corrected chi connectivity index (χ2v) is 5.10. The third kappa shape index (κ3) is 4.17. The highest BCUT2D eigenvalue weighted by Gasteiger charge is 2.40. The molecule has 0 aliphatic heterocycles. The fourth-order valence-electron chi connectivity index (χ4n) is 2.56. The van der Waals surface area contributed by atoms with Gasteiger partial charge in [0, 0.05) is 13.0 Å². The number of rotatable bonds is 6. The van der Waals surface area contributed by atoms with Crippen molar-refractivity contribution in [2.75, 3.05) is 6.54 Å². The molecule has 4 heteroatoms. The number of hydrogen-bond acceptors (Lipinski definition) is 2. The van der Waals surface area contributed by atoms with E-state index in [1.54, 1.807) is 6.08 Å². The molecule has 1 aliphatic carbocycles. The Morgan fingerprint density at radius 1 is 1.22 bits per heavy atom. The molecule has 0 radical (unpaired) electrons. The van der Waals surface area contributed by atoms with E-state index in [-0.39, 0.29) is 12.3 Å². The van der Waals surface area contributed by atoms with Gasteiger partial charge >= 0.3 is 5.97 Å². The molecular formula is C14H23NO3. The number of amides is 1. The largest absolute Gasteiger partial charge is 0.481 e. The van der Waals surface area contributed by atoms with Gasteiger partial charge in [0.25, 0.3) is 0 Å². The summed E-state index contributed by atoms with van der Waals surface area (Å²) in [6.07, 6.45) is 7.78. The van der Waals surface area contributed by atoms with Crippen LogP contribution in [0.2, 0.25) is 0 Å². The van der Waals surface area contributed by atoms with Crippen molar-refractivity contribution in [2.45, 2.75) is 51.4 Å². The van der Waals surface area contributed by atoms with E-state index in [9.17, 15) is 14.7 Å². The van der Waals surface area contributed by atoms with Crippen LogP contribution in [0, 0.1) is 5.41 Å². The predicted octanol–water partition coefficient (Wildman–Crippen LogP) is 2.49. The maximum absolute atomic E-state index is 11.8. The summed E-state index contributed by atoms with van der Waals surface area (Å²) in [5, 5.41) is 12.2. The molecule has 0 saturated heterocycles. The molecular weight excluding hydrogens is 230 g/mol. The zero-order chi connectivity index (χ0) is 13.4. The van der Waals surface area contributed by atoms with Crippen LogP contribution in [-0.4, -0.2) is 23.5 Å². The van der Waals surface area contributed by atoms with Crippen molar-refractivity contribution in [1.82, 2.24) is 5.32 Å². The van der Waals surface area contributed by atoms with Gasteiger partial charge in [-0.05, 0) is 19.3 Å². The third-order valence-electron chi connectivity index (χ3n) is 3.68. The van der Waals surface area contributed by atoms with Crippen LogP contribution in [-0.2, 0) is 9.59 Å². The van der Waals surface area contributed by atoms with Gasteiger partial charge in [-0.15, -0.1) is 6.58 Å². The Bertz CT molecular complexity index is 304. The van der Waals surface area contributed by atoms with Crippen molar-refractivity contribution in [1.29, 1.82) is 0 Å². The fourth-order valence-corrected chi connectivity index (χ4v) is 2.56. The molecule has 0 bridgehead atoms. The summed E-state index contributed by atoms with van der Waals surface area (Å²) >= 11 is 0. The molecule has 1 rings (SSSR count). The molecule has 0 atom stereocenters. The van der Waals surface area contributed by atoms with Gasteiger partial charge < -0.3 is 10.4 Å². The van der Waals surface area contributed by atoms with E-state index >= 15 is 0 Å². The topological polar surface area (TPSA) is 66.4 Å². The van der Waals surface area contributed by atoms with E-state index in [1.807, 2.05) is 0 Å². The minimum Gasteiger partial charge on any atom is -0.481 e. The van der Waals surface area contributed by atoms with Gasteiger partial charge in [-0.3, -0.25) is 9.59 Å². The lowest BCUT2D eigenvalue weighted by Crippen LogP contribution is -2.37. The van der Waals surface area contributed by atoms with E-state index in [1.165, 1.54) is 0 Å². The zero-order valence-electron chi connectivity index (χ0n) is 10.9. The predicted molar refractivity (Wildman–Crippen MR) is 70.2 cm³/mol. The van der Waals surface area contributed by atoms with E-state index in [0.717, 1.165) is 25.7 Å². The molecule has 1 aliphatic rings. The number of carboxylic acids is 1. The molecule has 0 spiro atoms. The highest BCUT2D eigenvalue weighted by atomic mass is 16.4. The van der Waals surface area contributed by atoms with Crippen LogP contribution in [0.5, 0.6) is 0 Å². The Morgan fingerprint density at radius 2 is 1.83 bits per heavy atom. The molecule has 1 fully saturated rings. The fraction of sp³-hybridized carbons (Fsp3) is 0.714. The van der Waals surface area contributed by atoms with Gasteiger partial charge in [0.2, 0.25) is 5.91 Å². The number of carbonyl (C=O) groups is 2. The standard InChI is InChI=1S/C14H23NO3/c1-2-3-10-15-12(16)11-14(13(17)18)8-6-4-5-7-9-14/h2H,1,3-11H2,(H,15,16)(H,17,18). The Balaban J connectivity index is 2.58. The molecule has 4 nitrogen and oxygen atoms in total. The van der Waals surface area contributed by atoms with Crippen LogP contribution < -0.4 is 5.32 Å². The number of carbonyl (C=O) groups excluding carboxylic acids is 1. The lowest BCUT2D eigenvalue weighted by molar-refractivity contribution is -0.152. The first-order valence-electron chi connectivity index (χ1n) is 6.72. The smallest absolute Gasteiger partial charge is 0.310 e. The molecule has 1 amide bonds. The zero-order valence-corrected chi connectivity index (χ0v) is 10.9. The van der Waals surface area contributed by atoms with Crippen molar-refractivity contribution in [3.8, 4) is 0 Å². The van der Waals surface area contributed by atoms with E-state index < -0.39 is 11.4 Å². The quantitative estimate of drug-likeness (QED) is 0.434. The first kappa shape index (κ1) is 14.7. The molecule has 102 valence electrons. The summed E-state index contributed by atoms with van der Waals surface area (Å²) < 4.78 is 0. The van der Waals surface area contributed by atoms with Crippen LogP contribution in [0.3, 0.4) is 0 Å². The maximum atomic E-state index is 11.8. The minimum atomic E-state index is -0.839. The molecule has 2 N–H and O–H groups in total. The van der Waals surface area contributed by atoms with Crippen LogP contribution in [0.1, 0.15) is 51.4 Å². The van der Waals surface area contributed by atoms with Crippen LogP contribution in [0.15, 0.2) is 12.7 Å². The number of nitrogens with one attached hydrogen (secondary N) is 1. The van der Waals surface area contributed by atoms with Crippen LogP contribution in [0.25, 0.3) is 0 Å². The van der Waals surface area contributed by atoms with Gasteiger partial charge in [0.15, 0.2) is 0 Å². The summed E-state index contributed by atoms with van der Waals surface area (Å²) in [5.41, 5.74) is -0.839. The Hall–Kier alpha value is -1.32. The highest BCUT2D eigenvalue weighted by molar-refractivity contribution is 5.85. The first-order chi connectivity index (χ1) is 8.60. The SMILES string of the molecule is C=CCCNC(=O)CC1(C(=O)O)CCCCCC1. The summed E-state index contributed by atoms with van der Waals surface area (Å²) in [7, 11) is 0. The summed E-state index contributed by atoms with van der Waals surface area (Å²) in [5.74, 6) is -0.968.